The van der Waals surface area contributed by atoms with Crippen LogP contribution in [0.5, 0.6) is 0 Å². The Morgan fingerprint density at radius 3 is 1.61 bits per heavy atom. The molecule has 256 valence electrons. The second-order valence-electron chi connectivity index (χ2n) is 14.7. The maximum Gasteiger partial charge on any atom is 0.0714 e. The first-order valence-corrected chi connectivity index (χ1v) is 18.8. The number of anilines is 3. The molecule has 0 aromatic heterocycles. The van der Waals surface area contributed by atoms with Gasteiger partial charge < -0.3 is 4.90 Å². The quantitative estimate of drug-likeness (QED) is 0.168. The molecule has 1 heteroatoms. The summed E-state index contributed by atoms with van der Waals surface area (Å²) in [7, 11) is 0. The van der Waals surface area contributed by atoms with E-state index in [1.54, 1.807) is 0 Å². The van der Waals surface area contributed by atoms with E-state index in [2.05, 4.69) is 219 Å². The second kappa shape index (κ2) is 12.8. The molecule has 1 nitrogen and oxygen atoms in total. The van der Waals surface area contributed by atoms with Gasteiger partial charge in [0.2, 0.25) is 0 Å². The van der Waals surface area contributed by atoms with Crippen LogP contribution in [0.1, 0.15) is 33.4 Å². The fourth-order valence-corrected chi connectivity index (χ4v) is 8.81. The minimum Gasteiger partial charge on any atom is -0.310 e. The van der Waals surface area contributed by atoms with Gasteiger partial charge in [-0.15, -0.1) is 0 Å². The van der Waals surface area contributed by atoms with Gasteiger partial charge in [0.25, 0.3) is 0 Å². The molecule has 10 rings (SSSR count). The summed E-state index contributed by atoms with van der Waals surface area (Å²) < 4.78 is 0. The van der Waals surface area contributed by atoms with Gasteiger partial charge in [-0.05, 0) is 116 Å². The smallest absolute Gasteiger partial charge is 0.0714 e. The average Bonchev–Trinajstić information content (AvgIpc) is 3.53. The van der Waals surface area contributed by atoms with E-state index in [9.17, 15) is 0 Å². The molecule has 0 fully saturated rings. The van der Waals surface area contributed by atoms with Crippen LogP contribution in [0.25, 0.3) is 43.8 Å². The van der Waals surface area contributed by atoms with Crippen LogP contribution in [-0.4, -0.2) is 0 Å². The Hall–Kier alpha value is -6.70. The van der Waals surface area contributed by atoms with Gasteiger partial charge >= 0.3 is 0 Å². The molecule has 0 bridgehead atoms. The molecule has 1 aliphatic rings. The summed E-state index contributed by atoms with van der Waals surface area (Å²) in [6, 6.07) is 74.3. The fourth-order valence-electron chi connectivity index (χ4n) is 8.81. The Balaban J connectivity index is 1.26. The molecule has 0 saturated heterocycles. The van der Waals surface area contributed by atoms with Crippen molar-refractivity contribution in [2.24, 2.45) is 0 Å². The highest BCUT2D eigenvalue weighted by atomic mass is 15.1. The molecule has 0 heterocycles. The molecular weight excluding hydrogens is 651 g/mol. The lowest BCUT2D eigenvalue weighted by Crippen LogP contribution is -2.29. The lowest BCUT2D eigenvalue weighted by Gasteiger charge is -2.35. The third-order valence-corrected chi connectivity index (χ3v) is 11.5. The summed E-state index contributed by atoms with van der Waals surface area (Å²) in [6.45, 7) is 4.35. The van der Waals surface area contributed by atoms with Crippen LogP contribution in [0.4, 0.5) is 17.1 Å². The first kappa shape index (κ1) is 32.0. The van der Waals surface area contributed by atoms with Crippen LogP contribution in [0, 0.1) is 13.8 Å². The molecule has 0 amide bonds. The molecule has 54 heavy (non-hydrogen) atoms. The Kier molecular flexibility index (Phi) is 7.56. The van der Waals surface area contributed by atoms with Gasteiger partial charge in [-0.1, -0.05) is 175 Å². The molecule has 0 aliphatic heterocycles. The van der Waals surface area contributed by atoms with E-state index < -0.39 is 5.41 Å². The van der Waals surface area contributed by atoms with Crippen LogP contribution in [0.15, 0.2) is 200 Å². The molecule has 0 unspecified atom stereocenters. The van der Waals surface area contributed by atoms with Gasteiger partial charge in [0.1, 0.15) is 0 Å². The largest absolute Gasteiger partial charge is 0.310 e. The van der Waals surface area contributed by atoms with Crippen molar-refractivity contribution in [2.45, 2.75) is 19.3 Å². The highest BCUT2D eigenvalue weighted by Crippen LogP contribution is 2.59. The van der Waals surface area contributed by atoms with Crippen molar-refractivity contribution in [2.75, 3.05) is 4.90 Å². The van der Waals surface area contributed by atoms with Gasteiger partial charge in [-0.3, -0.25) is 0 Å². The molecule has 9 aromatic carbocycles. The van der Waals surface area contributed by atoms with Crippen molar-refractivity contribution >= 4 is 38.6 Å². The molecule has 1 aliphatic carbocycles. The summed E-state index contributed by atoms with van der Waals surface area (Å²) in [5, 5.41) is 4.99. The summed E-state index contributed by atoms with van der Waals surface area (Å²) >= 11 is 0. The first-order chi connectivity index (χ1) is 26.6. The molecule has 0 radical (unpaired) electrons. The number of fused-ring (bicyclic) bond motifs is 6. The predicted molar refractivity (Wildman–Crippen MR) is 228 cm³/mol. The lowest BCUT2D eigenvalue weighted by molar-refractivity contribution is 0.768. The Morgan fingerprint density at radius 2 is 0.907 bits per heavy atom. The fraction of sp³-hybridized carbons (Fsp3) is 0.0566. The van der Waals surface area contributed by atoms with E-state index in [1.165, 1.54) is 77.2 Å². The van der Waals surface area contributed by atoms with Crippen LogP contribution < -0.4 is 4.90 Å². The maximum atomic E-state index is 2.48. The van der Waals surface area contributed by atoms with Crippen molar-refractivity contribution in [3.8, 4) is 22.3 Å². The van der Waals surface area contributed by atoms with Gasteiger partial charge in [0.05, 0.1) is 5.41 Å². The van der Waals surface area contributed by atoms with Crippen molar-refractivity contribution < 1.29 is 0 Å². The lowest BCUT2D eigenvalue weighted by atomic mass is 9.67. The Morgan fingerprint density at radius 1 is 0.370 bits per heavy atom. The highest BCUT2D eigenvalue weighted by molar-refractivity contribution is 6.04. The molecule has 0 spiro atoms. The zero-order chi connectivity index (χ0) is 36.2. The van der Waals surface area contributed by atoms with Crippen molar-refractivity contribution in [3.63, 3.8) is 0 Å². The Labute approximate surface area is 317 Å². The number of hydrogen-bond donors (Lipinski definition) is 0. The van der Waals surface area contributed by atoms with Crippen molar-refractivity contribution in [3.05, 3.63) is 234 Å². The van der Waals surface area contributed by atoms with Gasteiger partial charge in [-0.2, -0.15) is 0 Å². The number of rotatable bonds is 6. The predicted octanol–water partition coefficient (Wildman–Crippen LogP) is 14.1. The highest BCUT2D eigenvalue weighted by Gasteiger charge is 2.47. The van der Waals surface area contributed by atoms with Crippen LogP contribution in [-0.2, 0) is 5.41 Å². The van der Waals surface area contributed by atoms with E-state index in [0.29, 0.717) is 0 Å². The van der Waals surface area contributed by atoms with Crippen LogP contribution in [0.2, 0.25) is 0 Å². The maximum absolute atomic E-state index is 2.48. The normalized spacial score (nSPS) is 12.8. The molecule has 9 aromatic rings. The van der Waals surface area contributed by atoms with E-state index in [1.807, 2.05) is 0 Å². The SMILES string of the molecule is Cc1ccc(C2(c3ccc(C)cc3)c3cc(N(c4ccc(-c5ccccc5)cc4)c4ccc5ccccc5c4)ccc3-c3c2ccc2ccccc32)cc1. The van der Waals surface area contributed by atoms with E-state index in [0.717, 1.165) is 17.1 Å². The minimum atomic E-state index is -0.529. The second-order valence-corrected chi connectivity index (χ2v) is 14.7. The number of nitrogens with zero attached hydrogens (tertiary/aromatic N) is 1. The van der Waals surface area contributed by atoms with E-state index in [-0.39, 0.29) is 0 Å². The van der Waals surface area contributed by atoms with Gasteiger partial charge in [0, 0.05) is 17.1 Å². The number of hydrogen-bond acceptors (Lipinski definition) is 1. The van der Waals surface area contributed by atoms with Crippen LogP contribution >= 0.6 is 0 Å². The van der Waals surface area contributed by atoms with Gasteiger partial charge in [-0.25, -0.2) is 0 Å². The van der Waals surface area contributed by atoms with Crippen LogP contribution in [0.3, 0.4) is 0 Å². The third kappa shape index (κ3) is 5.08. The van der Waals surface area contributed by atoms with E-state index >= 15 is 0 Å². The zero-order valence-electron chi connectivity index (χ0n) is 30.5. The summed E-state index contributed by atoms with van der Waals surface area (Å²) in [4.78, 5) is 2.43. The van der Waals surface area contributed by atoms with Crippen molar-refractivity contribution in [1.82, 2.24) is 0 Å². The zero-order valence-corrected chi connectivity index (χ0v) is 30.5. The topological polar surface area (TPSA) is 3.24 Å². The van der Waals surface area contributed by atoms with Crippen molar-refractivity contribution in [1.29, 1.82) is 0 Å². The molecular formula is C53H39N. The first-order valence-electron chi connectivity index (χ1n) is 18.8. The standard InChI is InChI=1S/C53H39N/c1-36-16-24-43(25-17-36)53(44-26-18-37(2)19-27-44)50-33-23-41-13-8-9-15-48(41)52(50)49-32-31-47(35-51(49)53)54(46-30-22-39-12-6-7-14-42(39)34-46)45-28-20-40(21-29-45)38-10-4-3-5-11-38/h3-35H,1-2H3. The summed E-state index contributed by atoms with van der Waals surface area (Å²) in [6.07, 6.45) is 0. The summed E-state index contributed by atoms with van der Waals surface area (Å²) in [5.74, 6) is 0. The van der Waals surface area contributed by atoms with Gasteiger partial charge in [0.15, 0.2) is 0 Å². The third-order valence-electron chi connectivity index (χ3n) is 11.5. The number of benzene rings is 9. The monoisotopic (exact) mass is 689 g/mol. The minimum absolute atomic E-state index is 0.529. The Bertz CT molecular complexity index is 2770. The molecule has 0 atom stereocenters. The van der Waals surface area contributed by atoms with E-state index in [4.69, 9.17) is 0 Å². The summed E-state index contributed by atoms with van der Waals surface area (Å²) in [5.41, 5.74) is 15.5. The molecule has 0 N–H and O–H groups in total. The molecule has 0 saturated carbocycles. The average molecular weight is 690 g/mol. The number of aryl methyl sites for hydroxylation is 2.